The van der Waals surface area contributed by atoms with Gasteiger partial charge in [-0.05, 0) is 120 Å². The molecule has 0 saturated carbocycles. The minimum atomic E-state index is 0. The molecule has 4 heterocycles. The maximum atomic E-state index is 5.30. The van der Waals surface area contributed by atoms with Crippen LogP contribution >= 0.6 is 11.3 Å². The van der Waals surface area contributed by atoms with Gasteiger partial charge in [-0.2, -0.15) is 11.3 Å². The van der Waals surface area contributed by atoms with E-state index in [0.717, 1.165) is 81.7 Å². The second kappa shape index (κ2) is 21.2. The van der Waals surface area contributed by atoms with Gasteiger partial charge in [-0.25, -0.2) is 0 Å². The average Bonchev–Trinajstić information content (AvgIpc) is 3.84. The molecule has 344 valence electrons. The zero-order valence-electron chi connectivity index (χ0n) is 39.4. The predicted octanol–water partition coefficient (Wildman–Crippen LogP) is 16.9. The predicted molar refractivity (Wildman–Crippen MR) is 295 cm³/mol. The Morgan fingerprint density at radius 3 is 1.56 bits per heavy atom. The molecule has 0 unspecified atom stereocenters. The van der Waals surface area contributed by atoms with Crippen molar-refractivity contribution in [2.45, 2.75) is 25.7 Å². The number of rotatable bonds is 13. The second-order valence-corrected chi connectivity index (χ2v) is 19.0. The van der Waals surface area contributed by atoms with E-state index >= 15 is 0 Å². The molecule has 3 nitrogen and oxygen atoms in total. The molecule has 0 aliphatic carbocycles. The summed E-state index contributed by atoms with van der Waals surface area (Å²) < 4.78 is 2.46. The third-order valence-electron chi connectivity index (χ3n) is 13.4. The van der Waals surface area contributed by atoms with Crippen molar-refractivity contribution in [1.29, 1.82) is 0 Å². The van der Waals surface area contributed by atoms with Crippen molar-refractivity contribution in [1.82, 2.24) is 15.0 Å². The number of hydrogen-bond donors (Lipinski definition) is 0. The van der Waals surface area contributed by atoms with Gasteiger partial charge >= 0.3 is 20.1 Å². The first-order chi connectivity index (χ1) is 35.2. The summed E-state index contributed by atoms with van der Waals surface area (Å²) in [7, 11) is 0. The fraction of sp³-hybridized carbons (Fsp3) is 0.0597. The van der Waals surface area contributed by atoms with Crippen molar-refractivity contribution in [3.63, 3.8) is 0 Å². The van der Waals surface area contributed by atoms with Gasteiger partial charge in [-0.3, -0.25) is 0 Å². The number of thiophene rings is 1. The fourth-order valence-electron chi connectivity index (χ4n) is 9.72. The Labute approximate surface area is 439 Å². The van der Waals surface area contributed by atoms with Crippen LogP contribution in [0.1, 0.15) is 22.3 Å². The van der Waals surface area contributed by atoms with Crippen molar-refractivity contribution in [2.24, 2.45) is 0 Å². The molecule has 5 heteroatoms. The first kappa shape index (κ1) is 46.5. The molecular formula is C67H46IrN3S. The van der Waals surface area contributed by atoms with E-state index in [4.69, 9.17) is 15.0 Å². The van der Waals surface area contributed by atoms with E-state index < -0.39 is 0 Å². The number of aromatic nitrogens is 3. The van der Waals surface area contributed by atoms with E-state index in [-0.39, 0.29) is 20.1 Å². The molecule has 0 bridgehead atoms. The smallest absolute Gasteiger partial charge is 0.304 e. The van der Waals surface area contributed by atoms with Crippen LogP contribution in [0.25, 0.3) is 98.5 Å². The molecule has 12 rings (SSSR count). The van der Waals surface area contributed by atoms with Crippen LogP contribution in [0, 0.1) is 18.2 Å². The van der Waals surface area contributed by atoms with Crippen molar-refractivity contribution >= 4 is 31.5 Å². The van der Waals surface area contributed by atoms with Gasteiger partial charge in [0.05, 0.1) is 0 Å². The van der Waals surface area contributed by atoms with Crippen molar-refractivity contribution in [2.75, 3.05) is 0 Å². The molecule has 0 aliphatic heterocycles. The number of nitrogens with zero attached hydrogens (tertiary/aromatic N) is 3. The van der Waals surface area contributed by atoms with E-state index in [1.807, 2.05) is 66.2 Å². The Morgan fingerprint density at radius 1 is 0.347 bits per heavy atom. The van der Waals surface area contributed by atoms with E-state index in [9.17, 15) is 0 Å². The summed E-state index contributed by atoms with van der Waals surface area (Å²) in [5.41, 5.74) is 20.0. The molecule has 0 atom stereocenters. The van der Waals surface area contributed by atoms with Gasteiger partial charge in [0, 0.05) is 28.9 Å². The Balaban J connectivity index is 0.00000560. The molecule has 4 aromatic heterocycles. The van der Waals surface area contributed by atoms with E-state index in [0.29, 0.717) is 0 Å². The molecule has 72 heavy (non-hydrogen) atoms. The Morgan fingerprint density at radius 2 is 0.917 bits per heavy atom. The van der Waals surface area contributed by atoms with E-state index in [2.05, 4.69) is 194 Å². The normalized spacial score (nSPS) is 11.2. The Hall–Kier alpha value is -7.92. The zero-order chi connectivity index (χ0) is 47.3. The van der Waals surface area contributed by atoms with E-state index in [1.54, 1.807) is 0 Å². The fourth-order valence-corrected chi connectivity index (χ4v) is 10.9. The maximum absolute atomic E-state index is 5.30. The SMILES string of the molecule is [Ir+3].[c-]1ccccc1-c1ccc(CCc2cc(CCc3ccc(-c4[c-]cccc4)nc3)cc(-c3ccccc3-c3cnc(-c4[c-]ccc5c4sc4ccccc45)cc3-c3ccc(-c4ccccc4)cc3)c2)cn1. The first-order valence-electron chi connectivity index (χ1n) is 24.2. The van der Waals surface area contributed by atoms with Gasteiger partial charge in [0.2, 0.25) is 0 Å². The van der Waals surface area contributed by atoms with Gasteiger partial charge in [0.15, 0.2) is 0 Å². The second-order valence-electron chi connectivity index (χ2n) is 18.0. The van der Waals surface area contributed by atoms with Crippen LogP contribution in [-0.4, -0.2) is 15.0 Å². The van der Waals surface area contributed by atoms with Gasteiger partial charge in [0.1, 0.15) is 0 Å². The van der Waals surface area contributed by atoms with Crippen molar-refractivity contribution in [3.05, 3.63) is 271 Å². The molecule has 0 amide bonds. The summed E-state index contributed by atoms with van der Waals surface area (Å²) in [6, 6.07) is 85.6. The summed E-state index contributed by atoms with van der Waals surface area (Å²) in [5, 5.41) is 2.50. The number of hydrogen-bond acceptors (Lipinski definition) is 4. The minimum Gasteiger partial charge on any atom is -0.304 e. The third kappa shape index (κ3) is 9.88. The number of benzene rings is 8. The summed E-state index contributed by atoms with van der Waals surface area (Å²) in [4.78, 5) is 15.0. The molecule has 0 aliphatic rings. The van der Waals surface area contributed by atoms with Crippen LogP contribution in [0.4, 0.5) is 0 Å². The number of aryl methyl sites for hydroxylation is 4. The maximum Gasteiger partial charge on any atom is 3.00 e. The third-order valence-corrected chi connectivity index (χ3v) is 14.6. The van der Waals surface area contributed by atoms with Gasteiger partial charge < -0.3 is 15.0 Å². The zero-order valence-corrected chi connectivity index (χ0v) is 42.6. The number of fused-ring (bicyclic) bond motifs is 3. The summed E-state index contributed by atoms with van der Waals surface area (Å²) in [6.07, 6.45) is 9.62. The molecule has 0 fully saturated rings. The first-order valence-corrected chi connectivity index (χ1v) is 25.0. The van der Waals surface area contributed by atoms with Crippen LogP contribution in [0.5, 0.6) is 0 Å². The Bertz CT molecular complexity index is 3670. The number of pyridine rings is 3. The minimum absolute atomic E-state index is 0. The average molecular weight is 1120 g/mol. The molecule has 0 N–H and O–H groups in total. The topological polar surface area (TPSA) is 38.7 Å². The molecular weight excluding hydrogens is 1070 g/mol. The van der Waals surface area contributed by atoms with Crippen LogP contribution in [0.2, 0.25) is 0 Å². The molecule has 12 aromatic rings. The quantitative estimate of drug-likeness (QED) is 0.108. The van der Waals surface area contributed by atoms with Crippen LogP contribution < -0.4 is 0 Å². The molecule has 0 saturated heterocycles. The van der Waals surface area contributed by atoms with Crippen LogP contribution in [0.15, 0.2) is 231 Å². The molecule has 0 radical (unpaired) electrons. The van der Waals surface area contributed by atoms with Gasteiger partial charge in [-0.1, -0.05) is 151 Å². The van der Waals surface area contributed by atoms with Crippen molar-refractivity contribution in [3.8, 4) is 78.3 Å². The van der Waals surface area contributed by atoms with Gasteiger partial charge in [-0.15, -0.1) is 95.6 Å². The Kier molecular flexibility index (Phi) is 13.7. The van der Waals surface area contributed by atoms with Crippen molar-refractivity contribution < 1.29 is 20.1 Å². The van der Waals surface area contributed by atoms with E-state index in [1.165, 1.54) is 64.7 Å². The summed E-state index contributed by atoms with van der Waals surface area (Å²) >= 11 is 1.81. The summed E-state index contributed by atoms with van der Waals surface area (Å²) in [6.45, 7) is 0. The van der Waals surface area contributed by atoms with Crippen LogP contribution in [0.3, 0.4) is 0 Å². The molecule has 0 spiro atoms. The monoisotopic (exact) mass is 1120 g/mol. The van der Waals surface area contributed by atoms with Gasteiger partial charge in [0.25, 0.3) is 0 Å². The summed E-state index contributed by atoms with van der Waals surface area (Å²) in [5.74, 6) is 0. The standard InChI is InChI=1S/C67H46N3S.Ir/c1-4-15-50(16-5-1)51-33-35-52(36-34-51)61-42-65(60-25-14-24-59-58-23-12-13-26-66(58)71-67(59)60)70-45-62(61)57-22-11-10-21-56(57)55-40-48(29-27-46-31-37-63(68-43-46)53-17-6-2-7-18-53)39-49(41-55)30-28-47-32-38-64(69-44-47)54-19-8-3-9-20-54;/h1-17,19,21-24,26,31-45H,27-30H2;/q-3;+3. The molecule has 8 aromatic carbocycles. The van der Waals surface area contributed by atoms with Crippen LogP contribution in [-0.2, 0) is 45.8 Å². The largest absolute Gasteiger partial charge is 3.00 e.